The van der Waals surface area contributed by atoms with Crippen molar-refractivity contribution in [2.24, 2.45) is 0 Å². The van der Waals surface area contributed by atoms with Gasteiger partial charge in [0.1, 0.15) is 5.39 Å². The summed E-state index contributed by atoms with van der Waals surface area (Å²) in [7, 11) is 0. The zero-order valence-electron chi connectivity index (χ0n) is 15.9. The number of hydrogen-bond acceptors (Lipinski definition) is 4. The molecule has 0 spiro atoms. The molecule has 1 amide bonds. The molecular weight excluding hydrogens is 366 g/mol. The molecule has 0 saturated carbocycles. The maximum absolute atomic E-state index is 12.7. The number of carbonyl (C=O) groups excluding carboxylic acids is 1. The molecule has 2 heterocycles. The molecule has 0 atom stereocenters. The van der Waals surface area contributed by atoms with Gasteiger partial charge in [-0.3, -0.25) is 14.2 Å². The molecule has 2 aromatic heterocycles. The van der Waals surface area contributed by atoms with E-state index in [0.717, 1.165) is 12.1 Å². The standard InChI is InChI=1S/C22H21N5O2/c28-20(23-13-11-17-7-3-1-4-8-17)12-14-26-16-24-21-19(22(26)29)15-25-27(21)18-9-5-2-6-10-18/h1-10,15-16H,11-14H2,(H,23,28). The van der Waals surface area contributed by atoms with E-state index < -0.39 is 0 Å². The molecule has 0 aliphatic heterocycles. The number of benzene rings is 2. The number of aromatic nitrogens is 4. The number of aryl methyl sites for hydroxylation is 1. The Bertz CT molecular complexity index is 1170. The highest BCUT2D eigenvalue weighted by Gasteiger charge is 2.12. The Balaban J connectivity index is 1.39. The predicted molar refractivity (Wildman–Crippen MR) is 111 cm³/mol. The van der Waals surface area contributed by atoms with Gasteiger partial charge in [-0.15, -0.1) is 0 Å². The van der Waals surface area contributed by atoms with Crippen LogP contribution in [0.1, 0.15) is 12.0 Å². The summed E-state index contributed by atoms with van der Waals surface area (Å²) in [4.78, 5) is 29.2. The van der Waals surface area contributed by atoms with E-state index in [9.17, 15) is 9.59 Å². The van der Waals surface area contributed by atoms with Crippen molar-refractivity contribution >= 4 is 16.9 Å². The summed E-state index contributed by atoms with van der Waals surface area (Å²) in [6.07, 6.45) is 3.99. The van der Waals surface area contributed by atoms with Gasteiger partial charge in [-0.2, -0.15) is 5.10 Å². The van der Waals surface area contributed by atoms with Gasteiger partial charge in [0.2, 0.25) is 5.91 Å². The largest absolute Gasteiger partial charge is 0.356 e. The fourth-order valence-corrected chi connectivity index (χ4v) is 3.17. The Kier molecular flexibility index (Phi) is 5.47. The molecular formula is C22H21N5O2. The van der Waals surface area contributed by atoms with Crippen molar-refractivity contribution in [3.63, 3.8) is 0 Å². The average molecular weight is 387 g/mol. The Morgan fingerprint density at radius 2 is 1.72 bits per heavy atom. The second kappa shape index (κ2) is 8.52. The molecule has 4 aromatic rings. The van der Waals surface area contributed by atoms with Crippen LogP contribution in [-0.2, 0) is 17.8 Å². The fourth-order valence-electron chi connectivity index (χ4n) is 3.17. The van der Waals surface area contributed by atoms with Crippen molar-refractivity contribution < 1.29 is 4.79 Å². The van der Waals surface area contributed by atoms with E-state index in [-0.39, 0.29) is 24.4 Å². The quantitative estimate of drug-likeness (QED) is 0.528. The van der Waals surface area contributed by atoms with Crippen LogP contribution < -0.4 is 10.9 Å². The molecule has 0 saturated heterocycles. The van der Waals surface area contributed by atoms with E-state index in [1.807, 2.05) is 60.7 Å². The predicted octanol–water partition coefficient (Wildman–Crippen LogP) is 2.33. The molecule has 0 unspecified atom stereocenters. The van der Waals surface area contributed by atoms with Crippen LogP contribution in [0.4, 0.5) is 0 Å². The lowest BCUT2D eigenvalue weighted by atomic mass is 10.1. The van der Waals surface area contributed by atoms with Gasteiger partial charge in [-0.05, 0) is 24.1 Å². The summed E-state index contributed by atoms with van der Waals surface area (Å²) in [6.45, 7) is 0.842. The SMILES string of the molecule is O=C(CCn1cnc2c(cnn2-c2ccccc2)c1=O)NCCc1ccccc1. The zero-order chi connectivity index (χ0) is 20.1. The van der Waals surface area contributed by atoms with E-state index in [0.29, 0.717) is 17.6 Å². The minimum absolute atomic E-state index is 0.0899. The third-order valence-electron chi connectivity index (χ3n) is 4.71. The van der Waals surface area contributed by atoms with Crippen molar-refractivity contribution in [1.82, 2.24) is 24.6 Å². The minimum atomic E-state index is -0.200. The first-order valence-corrected chi connectivity index (χ1v) is 9.51. The van der Waals surface area contributed by atoms with E-state index in [1.54, 1.807) is 4.68 Å². The molecule has 0 fully saturated rings. The van der Waals surface area contributed by atoms with Crippen LogP contribution >= 0.6 is 0 Å². The van der Waals surface area contributed by atoms with Crippen LogP contribution in [0.25, 0.3) is 16.7 Å². The topological polar surface area (TPSA) is 81.8 Å². The average Bonchev–Trinajstić information content (AvgIpc) is 3.20. The summed E-state index contributed by atoms with van der Waals surface area (Å²) in [6, 6.07) is 19.5. The highest BCUT2D eigenvalue weighted by atomic mass is 16.1. The summed E-state index contributed by atoms with van der Waals surface area (Å²) < 4.78 is 3.09. The first-order valence-electron chi connectivity index (χ1n) is 9.51. The normalized spacial score (nSPS) is 10.9. The monoisotopic (exact) mass is 387 g/mol. The van der Waals surface area contributed by atoms with Crippen molar-refractivity contribution in [3.8, 4) is 5.69 Å². The molecule has 7 nitrogen and oxygen atoms in total. The number of para-hydroxylation sites is 1. The van der Waals surface area contributed by atoms with Crippen molar-refractivity contribution in [2.75, 3.05) is 6.54 Å². The summed E-state index contributed by atoms with van der Waals surface area (Å²) in [5.74, 6) is -0.0899. The zero-order valence-corrected chi connectivity index (χ0v) is 15.9. The first kappa shape index (κ1) is 18.6. The molecule has 0 bridgehead atoms. The van der Waals surface area contributed by atoms with E-state index in [4.69, 9.17) is 0 Å². The number of carbonyl (C=O) groups is 1. The van der Waals surface area contributed by atoms with Gasteiger partial charge in [-0.1, -0.05) is 48.5 Å². The van der Waals surface area contributed by atoms with Gasteiger partial charge in [0.05, 0.1) is 18.2 Å². The Labute approximate surface area is 167 Å². The Morgan fingerprint density at radius 1 is 1.00 bits per heavy atom. The van der Waals surface area contributed by atoms with Crippen LogP contribution in [0.3, 0.4) is 0 Å². The maximum Gasteiger partial charge on any atom is 0.264 e. The summed E-state index contributed by atoms with van der Waals surface area (Å²) in [5.41, 5.74) is 2.32. The smallest absolute Gasteiger partial charge is 0.264 e. The van der Waals surface area contributed by atoms with E-state index >= 15 is 0 Å². The van der Waals surface area contributed by atoms with Gasteiger partial charge in [0.25, 0.3) is 5.56 Å². The Morgan fingerprint density at radius 3 is 2.48 bits per heavy atom. The summed E-state index contributed by atoms with van der Waals surface area (Å²) in [5, 5.41) is 7.62. The molecule has 2 aromatic carbocycles. The second-order valence-corrected chi connectivity index (χ2v) is 6.71. The van der Waals surface area contributed by atoms with Gasteiger partial charge < -0.3 is 5.32 Å². The van der Waals surface area contributed by atoms with Gasteiger partial charge >= 0.3 is 0 Å². The molecule has 0 radical (unpaired) electrons. The lowest BCUT2D eigenvalue weighted by Gasteiger charge is -2.08. The molecule has 0 aliphatic carbocycles. The minimum Gasteiger partial charge on any atom is -0.356 e. The number of nitrogens with one attached hydrogen (secondary N) is 1. The lowest BCUT2D eigenvalue weighted by molar-refractivity contribution is -0.121. The van der Waals surface area contributed by atoms with Crippen LogP contribution in [0.15, 0.2) is 78.0 Å². The second-order valence-electron chi connectivity index (χ2n) is 6.71. The third kappa shape index (κ3) is 4.24. The lowest BCUT2D eigenvalue weighted by Crippen LogP contribution is -2.29. The number of nitrogens with zero attached hydrogens (tertiary/aromatic N) is 4. The van der Waals surface area contributed by atoms with Crippen molar-refractivity contribution in [3.05, 3.63) is 89.1 Å². The molecule has 0 aliphatic rings. The van der Waals surface area contributed by atoms with Crippen molar-refractivity contribution in [2.45, 2.75) is 19.4 Å². The van der Waals surface area contributed by atoms with Crippen molar-refractivity contribution in [1.29, 1.82) is 0 Å². The fraction of sp³-hybridized carbons (Fsp3) is 0.182. The van der Waals surface area contributed by atoms with E-state index in [2.05, 4.69) is 15.4 Å². The summed E-state index contributed by atoms with van der Waals surface area (Å²) >= 11 is 0. The third-order valence-corrected chi connectivity index (χ3v) is 4.71. The van der Waals surface area contributed by atoms with E-state index in [1.165, 1.54) is 22.7 Å². The highest BCUT2D eigenvalue weighted by Crippen LogP contribution is 2.13. The first-order chi connectivity index (χ1) is 14.2. The van der Waals surface area contributed by atoms with Crippen LogP contribution in [0, 0.1) is 0 Å². The highest BCUT2D eigenvalue weighted by molar-refractivity contribution is 5.76. The molecule has 4 rings (SSSR count). The van der Waals surface area contributed by atoms with Crippen LogP contribution in [-0.4, -0.2) is 31.8 Å². The molecule has 146 valence electrons. The van der Waals surface area contributed by atoms with Gasteiger partial charge in [0.15, 0.2) is 5.65 Å². The number of rotatable bonds is 7. The number of fused-ring (bicyclic) bond motifs is 1. The molecule has 29 heavy (non-hydrogen) atoms. The van der Waals surface area contributed by atoms with Gasteiger partial charge in [-0.25, -0.2) is 9.67 Å². The Hall–Kier alpha value is -3.74. The number of hydrogen-bond donors (Lipinski definition) is 1. The number of amides is 1. The van der Waals surface area contributed by atoms with Crippen LogP contribution in [0.5, 0.6) is 0 Å². The maximum atomic E-state index is 12.7. The van der Waals surface area contributed by atoms with Crippen LogP contribution in [0.2, 0.25) is 0 Å². The molecule has 1 N–H and O–H groups in total. The van der Waals surface area contributed by atoms with Gasteiger partial charge in [0, 0.05) is 19.5 Å². The molecule has 7 heteroatoms.